The molecule has 106 valence electrons. The largest absolute Gasteiger partial charge is 0.478 e. The molecule has 0 aliphatic carbocycles. The minimum absolute atomic E-state index is 0.214. The average molecular weight is 283 g/mol. The number of nitrogens with one attached hydrogen (secondary N) is 1. The van der Waals surface area contributed by atoms with E-state index in [9.17, 15) is 4.79 Å². The molecule has 7 heteroatoms. The maximum absolute atomic E-state index is 10.9. The van der Waals surface area contributed by atoms with E-state index in [1.807, 2.05) is 17.7 Å². The van der Waals surface area contributed by atoms with Crippen LogP contribution in [0.2, 0.25) is 0 Å². The summed E-state index contributed by atoms with van der Waals surface area (Å²) in [5.41, 5.74) is 2.59. The van der Waals surface area contributed by atoms with E-state index in [0.717, 1.165) is 11.0 Å². The zero-order valence-corrected chi connectivity index (χ0v) is 11.3. The molecule has 0 saturated carbocycles. The fourth-order valence-electron chi connectivity index (χ4n) is 2.07. The SMILES string of the molecule is Cn1cnc2c(NCc3cc(C(=O)O)ccn3)nccc21. The average Bonchev–Trinajstić information content (AvgIpc) is 2.88. The summed E-state index contributed by atoms with van der Waals surface area (Å²) < 4.78 is 1.91. The van der Waals surface area contributed by atoms with Crippen molar-refractivity contribution in [3.63, 3.8) is 0 Å². The lowest BCUT2D eigenvalue weighted by atomic mass is 10.2. The minimum atomic E-state index is -0.969. The van der Waals surface area contributed by atoms with Crippen LogP contribution in [-0.2, 0) is 13.6 Å². The number of hydrogen-bond acceptors (Lipinski definition) is 5. The summed E-state index contributed by atoms with van der Waals surface area (Å²) >= 11 is 0. The Morgan fingerprint density at radius 1 is 1.29 bits per heavy atom. The molecular weight excluding hydrogens is 270 g/mol. The zero-order chi connectivity index (χ0) is 14.8. The van der Waals surface area contributed by atoms with Gasteiger partial charge >= 0.3 is 5.97 Å². The lowest BCUT2D eigenvalue weighted by Gasteiger charge is -2.06. The number of aromatic nitrogens is 4. The van der Waals surface area contributed by atoms with Gasteiger partial charge in [-0.2, -0.15) is 0 Å². The summed E-state index contributed by atoms with van der Waals surface area (Å²) in [5, 5.41) is 12.1. The molecule has 0 bridgehead atoms. The number of pyridine rings is 2. The van der Waals surface area contributed by atoms with Crippen molar-refractivity contribution in [2.24, 2.45) is 7.05 Å². The van der Waals surface area contributed by atoms with Gasteiger partial charge in [0.05, 0.1) is 29.6 Å². The molecule has 0 aliphatic rings. The molecule has 0 radical (unpaired) electrons. The Bertz CT molecular complexity index is 812. The zero-order valence-electron chi connectivity index (χ0n) is 11.3. The third-order valence-corrected chi connectivity index (χ3v) is 3.14. The molecule has 7 nitrogen and oxygen atoms in total. The summed E-state index contributed by atoms with van der Waals surface area (Å²) in [4.78, 5) is 23.6. The summed E-state index contributed by atoms with van der Waals surface area (Å²) in [7, 11) is 1.91. The molecule has 0 saturated heterocycles. The van der Waals surface area contributed by atoms with Gasteiger partial charge in [0.2, 0.25) is 0 Å². The monoisotopic (exact) mass is 283 g/mol. The number of aryl methyl sites for hydroxylation is 1. The Hall–Kier alpha value is -2.96. The number of rotatable bonds is 4. The number of carbonyl (C=O) groups is 1. The predicted octanol–water partition coefficient (Wildman–Crippen LogP) is 1.67. The third kappa shape index (κ3) is 2.53. The third-order valence-electron chi connectivity index (χ3n) is 3.14. The molecule has 2 N–H and O–H groups in total. The molecule has 3 aromatic heterocycles. The van der Waals surface area contributed by atoms with Gasteiger partial charge in [0, 0.05) is 19.4 Å². The van der Waals surface area contributed by atoms with Crippen molar-refractivity contribution in [1.82, 2.24) is 19.5 Å². The van der Waals surface area contributed by atoms with Crippen molar-refractivity contribution in [3.05, 3.63) is 48.2 Å². The highest BCUT2D eigenvalue weighted by molar-refractivity contribution is 5.87. The molecule has 0 aliphatic heterocycles. The first-order chi connectivity index (χ1) is 10.1. The molecule has 0 atom stereocenters. The topological polar surface area (TPSA) is 92.9 Å². The van der Waals surface area contributed by atoms with E-state index in [1.54, 1.807) is 12.5 Å². The smallest absolute Gasteiger partial charge is 0.335 e. The number of carboxylic acid groups (broad SMARTS) is 1. The molecule has 0 amide bonds. The number of fused-ring (bicyclic) bond motifs is 1. The van der Waals surface area contributed by atoms with Crippen LogP contribution in [0.5, 0.6) is 0 Å². The second-order valence-electron chi connectivity index (χ2n) is 4.58. The van der Waals surface area contributed by atoms with Crippen LogP contribution in [0.25, 0.3) is 11.0 Å². The normalized spacial score (nSPS) is 10.7. The Morgan fingerprint density at radius 3 is 2.90 bits per heavy atom. The number of carboxylic acids is 1. The Morgan fingerprint density at radius 2 is 2.10 bits per heavy atom. The molecule has 3 aromatic rings. The van der Waals surface area contributed by atoms with Crippen LogP contribution in [0.1, 0.15) is 16.1 Å². The maximum Gasteiger partial charge on any atom is 0.335 e. The van der Waals surface area contributed by atoms with E-state index in [1.165, 1.54) is 18.3 Å². The molecule has 0 unspecified atom stereocenters. The summed E-state index contributed by atoms with van der Waals surface area (Å²) in [6.07, 6.45) is 4.91. The molecule has 21 heavy (non-hydrogen) atoms. The molecule has 0 spiro atoms. The standard InChI is InChI=1S/C14H13N5O2/c1-19-8-18-12-11(19)3-5-16-13(12)17-7-10-6-9(14(20)21)2-4-15-10/h2-6,8H,7H2,1H3,(H,16,17)(H,20,21). The van der Waals surface area contributed by atoms with Gasteiger partial charge in [-0.15, -0.1) is 0 Å². The van der Waals surface area contributed by atoms with Gasteiger partial charge in [0.25, 0.3) is 0 Å². The first-order valence-corrected chi connectivity index (χ1v) is 6.33. The van der Waals surface area contributed by atoms with Crippen LogP contribution in [0.4, 0.5) is 5.82 Å². The van der Waals surface area contributed by atoms with Crippen LogP contribution in [0.3, 0.4) is 0 Å². The molecule has 3 heterocycles. The Kier molecular flexibility index (Phi) is 3.23. The van der Waals surface area contributed by atoms with Crippen LogP contribution >= 0.6 is 0 Å². The van der Waals surface area contributed by atoms with Gasteiger partial charge in [-0.1, -0.05) is 0 Å². The lowest BCUT2D eigenvalue weighted by molar-refractivity contribution is 0.0696. The highest BCUT2D eigenvalue weighted by atomic mass is 16.4. The van der Waals surface area contributed by atoms with Gasteiger partial charge in [-0.3, -0.25) is 4.98 Å². The molecule has 0 aromatic carbocycles. The number of imidazole rings is 1. The van der Waals surface area contributed by atoms with Crippen LogP contribution in [-0.4, -0.2) is 30.6 Å². The Labute approximate surface area is 120 Å². The van der Waals surface area contributed by atoms with Crippen LogP contribution < -0.4 is 5.32 Å². The van der Waals surface area contributed by atoms with Crippen molar-refractivity contribution in [2.45, 2.75) is 6.54 Å². The molecule has 0 fully saturated rings. The van der Waals surface area contributed by atoms with Crippen molar-refractivity contribution in [3.8, 4) is 0 Å². The van der Waals surface area contributed by atoms with Gasteiger partial charge < -0.3 is 15.0 Å². The van der Waals surface area contributed by atoms with E-state index in [2.05, 4.69) is 20.3 Å². The van der Waals surface area contributed by atoms with Gasteiger partial charge in [0.1, 0.15) is 5.52 Å². The highest BCUT2D eigenvalue weighted by Crippen LogP contribution is 2.19. The molecular formula is C14H13N5O2. The highest BCUT2D eigenvalue weighted by Gasteiger charge is 2.08. The quantitative estimate of drug-likeness (QED) is 0.756. The van der Waals surface area contributed by atoms with Crippen molar-refractivity contribution >= 4 is 22.8 Å². The summed E-state index contributed by atoms with van der Waals surface area (Å²) in [6, 6.07) is 4.88. The summed E-state index contributed by atoms with van der Waals surface area (Å²) in [5.74, 6) is -0.320. The maximum atomic E-state index is 10.9. The minimum Gasteiger partial charge on any atom is -0.478 e. The second kappa shape index (κ2) is 5.20. The fourth-order valence-corrected chi connectivity index (χ4v) is 2.07. The van der Waals surface area contributed by atoms with Crippen molar-refractivity contribution < 1.29 is 9.90 Å². The predicted molar refractivity (Wildman–Crippen MR) is 77.0 cm³/mol. The van der Waals surface area contributed by atoms with E-state index in [4.69, 9.17) is 5.11 Å². The fraction of sp³-hybridized carbons (Fsp3) is 0.143. The van der Waals surface area contributed by atoms with Gasteiger partial charge in [-0.05, 0) is 18.2 Å². The van der Waals surface area contributed by atoms with Crippen molar-refractivity contribution in [2.75, 3.05) is 5.32 Å². The van der Waals surface area contributed by atoms with E-state index in [-0.39, 0.29) is 5.56 Å². The van der Waals surface area contributed by atoms with E-state index in [0.29, 0.717) is 18.1 Å². The Balaban J connectivity index is 1.83. The lowest BCUT2D eigenvalue weighted by Crippen LogP contribution is -2.06. The number of aromatic carboxylic acids is 1. The van der Waals surface area contributed by atoms with Crippen LogP contribution in [0, 0.1) is 0 Å². The van der Waals surface area contributed by atoms with Gasteiger partial charge in [-0.25, -0.2) is 14.8 Å². The van der Waals surface area contributed by atoms with Gasteiger partial charge in [0.15, 0.2) is 5.82 Å². The van der Waals surface area contributed by atoms with Crippen molar-refractivity contribution in [1.29, 1.82) is 0 Å². The number of nitrogens with zero attached hydrogens (tertiary/aromatic N) is 4. The second-order valence-corrected chi connectivity index (χ2v) is 4.58. The van der Waals surface area contributed by atoms with Crippen LogP contribution in [0.15, 0.2) is 36.9 Å². The first-order valence-electron chi connectivity index (χ1n) is 6.33. The van der Waals surface area contributed by atoms with E-state index < -0.39 is 5.97 Å². The molecule has 3 rings (SSSR count). The van der Waals surface area contributed by atoms with E-state index >= 15 is 0 Å². The first kappa shape index (κ1) is 13.0. The number of anilines is 1. The number of hydrogen-bond donors (Lipinski definition) is 2. The summed E-state index contributed by atoms with van der Waals surface area (Å²) in [6.45, 7) is 0.379.